The molecule has 3 aromatic rings. The van der Waals surface area contributed by atoms with Gasteiger partial charge in [0.15, 0.2) is 5.84 Å². The Morgan fingerprint density at radius 1 is 1.19 bits per heavy atom. The maximum Gasteiger partial charge on any atom is 0.406 e. The van der Waals surface area contributed by atoms with Crippen LogP contribution in [-0.4, -0.2) is 83.1 Å². The zero-order chi connectivity index (χ0) is 30.5. The second kappa shape index (κ2) is 11.1. The van der Waals surface area contributed by atoms with Crippen LogP contribution in [0.2, 0.25) is 0 Å². The predicted molar refractivity (Wildman–Crippen MR) is 156 cm³/mol. The summed E-state index contributed by atoms with van der Waals surface area (Å²) in [6.07, 6.45) is -1.88. The molecule has 1 aliphatic carbocycles. The molecule has 0 amide bonds. The van der Waals surface area contributed by atoms with Crippen molar-refractivity contribution in [3.63, 3.8) is 0 Å². The summed E-state index contributed by atoms with van der Waals surface area (Å²) >= 11 is 0. The SMILES string of the molecule is C=C(NCC1=NC(c2cc3c(NC4CCN(C)CC4F)cccc3n2CC(F)(F)F)=NC1)c1ccn(C2CC(F)(F)C2)c1. The summed E-state index contributed by atoms with van der Waals surface area (Å²) in [5, 5.41) is 6.94. The summed E-state index contributed by atoms with van der Waals surface area (Å²) < 4.78 is 85.3. The molecule has 0 bridgehead atoms. The smallest absolute Gasteiger partial charge is 0.380 e. The van der Waals surface area contributed by atoms with Gasteiger partial charge < -0.3 is 24.7 Å². The van der Waals surface area contributed by atoms with Gasteiger partial charge in [0.25, 0.3) is 5.92 Å². The third kappa shape index (κ3) is 6.31. The van der Waals surface area contributed by atoms with Crippen LogP contribution in [0, 0.1) is 0 Å². The van der Waals surface area contributed by atoms with Crippen LogP contribution in [0.5, 0.6) is 0 Å². The van der Waals surface area contributed by atoms with E-state index < -0.39 is 30.9 Å². The number of hydrogen-bond acceptors (Lipinski definition) is 5. The highest BCUT2D eigenvalue weighted by atomic mass is 19.4. The zero-order valence-electron chi connectivity index (χ0n) is 23.6. The van der Waals surface area contributed by atoms with Crippen molar-refractivity contribution in [2.24, 2.45) is 9.98 Å². The molecular formula is C30H33F6N7. The van der Waals surface area contributed by atoms with E-state index in [4.69, 9.17) is 0 Å². The van der Waals surface area contributed by atoms with Gasteiger partial charge in [-0.2, -0.15) is 13.2 Å². The molecule has 2 atom stereocenters. The number of nitrogens with zero attached hydrogens (tertiary/aromatic N) is 5. The lowest BCUT2D eigenvalue weighted by Crippen LogP contribution is -2.46. The number of benzene rings is 1. The van der Waals surface area contributed by atoms with Gasteiger partial charge in [0.05, 0.1) is 36.1 Å². The average Bonchev–Trinajstić information content (AvgIpc) is 3.66. The topological polar surface area (TPSA) is 61.9 Å². The molecular weight excluding hydrogens is 572 g/mol. The third-order valence-corrected chi connectivity index (χ3v) is 8.33. The predicted octanol–water partition coefficient (Wildman–Crippen LogP) is 5.89. The van der Waals surface area contributed by atoms with Crippen LogP contribution >= 0.6 is 0 Å². The molecule has 2 fully saturated rings. The van der Waals surface area contributed by atoms with Crippen LogP contribution < -0.4 is 10.6 Å². The first kappa shape index (κ1) is 29.3. The summed E-state index contributed by atoms with van der Waals surface area (Å²) in [5.74, 6) is -2.43. The van der Waals surface area contributed by atoms with E-state index in [9.17, 15) is 26.3 Å². The average molecular weight is 606 g/mol. The number of likely N-dealkylation sites (tertiary alicyclic amines) is 1. The molecule has 2 N–H and O–H groups in total. The molecule has 1 saturated carbocycles. The Balaban J connectivity index is 1.19. The molecule has 6 rings (SSSR count). The number of anilines is 1. The van der Waals surface area contributed by atoms with Gasteiger partial charge in [0, 0.05) is 66.7 Å². The Morgan fingerprint density at radius 3 is 2.70 bits per heavy atom. The molecule has 13 heteroatoms. The lowest BCUT2D eigenvalue weighted by atomic mass is 9.88. The van der Waals surface area contributed by atoms with Gasteiger partial charge in [-0.3, -0.25) is 4.99 Å². The number of alkyl halides is 6. The monoisotopic (exact) mass is 605 g/mol. The number of halogens is 6. The van der Waals surface area contributed by atoms with E-state index in [1.165, 1.54) is 0 Å². The quantitative estimate of drug-likeness (QED) is 0.299. The van der Waals surface area contributed by atoms with E-state index in [0.29, 0.717) is 41.0 Å². The number of aromatic nitrogens is 2. The molecule has 2 aromatic heterocycles. The van der Waals surface area contributed by atoms with Crippen molar-refractivity contribution in [3.8, 4) is 0 Å². The van der Waals surface area contributed by atoms with Crippen LogP contribution in [0.1, 0.15) is 36.6 Å². The van der Waals surface area contributed by atoms with Gasteiger partial charge in [0.2, 0.25) is 0 Å². The van der Waals surface area contributed by atoms with Gasteiger partial charge in [0.1, 0.15) is 12.7 Å². The van der Waals surface area contributed by atoms with Gasteiger partial charge >= 0.3 is 6.18 Å². The molecule has 4 heterocycles. The number of nitrogens with one attached hydrogen (secondary N) is 2. The highest BCUT2D eigenvalue weighted by Gasteiger charge is 2.46. The van der Waals surface area contributed by atoms with Crippen LogP contribution in [0.25, 0.3) is 16.6 Å². The number of fused-ring (bicyclic) bond motifs is 1. The minimum absolute atomic E-state index is 0.185. The fraction of sp³-hybridized carbons (Fsp3) is 0.467. The lowest BCUT2D eigenvalue weighted by molar-refractivity contribution is -0.139. The fourth-order valence-corrected chi connectivity index (χ4v) is 5.95. The minimum atomic E-state index is -4.49. The van der Waals surface area contributed by atoms with E-state index in [1.54, 1.807) is 47.3 Å². The van der Waals surface area contributed by atoms with Crippen LogP contribution in [0.15, 0.2) is 59.3 Å². The Bertz CT molecular complexity index is 1570. The van der Waals surface area contributed by atoms with Gasteiger partial charge in [-0.25, -0.2) is 18.2 Å². The first-order valence-electron chi connectivity index (χ1n) is 14.2. The van der Waals surface area contributed by atoms with Crippen LogP contribution in [0.3, 0.4) is 0 Å². The van der Waals surface area contributed by atoms with Gasteiger partial charge in [-0.05, 0) is 37.7 Å². The zero-order valence-corrected chi connectivity index (χ0v) is 23.6. The Labute approximate surface area is 245 Å². The van der Waals surface area contributed by atoms with E-state index in [-0.39, 0.29) is 50.0 Å². The number of hydrogen-bond donors (Lipinski definition) is 2. The minimum Gasteiger partial charge on any atom is -0.380 e. The second-order valence-corrected chi connectivity index (χ2v) is 11.7. The Kier molecular flexibility index (Phi) is 7.55. The number of amidine groups is 1. The van der Waals surface area contributed by atoms with Crippen molar-refractivity contribution in [2.45, 2.75) is 56.2 Å². The van der Waals surface area contributed by atoms with Crippen molar-refractivity contribution in [3.05, 3.63) is 60.6 Å². The lowest BCUT2D eigenvalue weighted by Gasteiger charge is -2.35. The highest BCUT2D eigenvalue weighted by Crippen LogP contribution is 2.45. The molecule has 0 radical (unpaired) electrons. The number of piperidine rings is 1. The van der Waals surface area contributed by atoms with Crippen molar-refractivity contribution < 1.29 is 26.3 Å². The first-order chi connectivity index (χ1) is 20.3. The second-order valence-electron chi connectivity index (χ2n) is 11.7. The summed E-state index contributed by atoms with van der Waals surface area (Å²) in [4.78, 5) is 10.9. The third-order valence-electron chi connectivity index (χ3n) is 8.33. The van der Waals surface area contributed by atoms with E-state index in [2.05, 4.69) is 27.2 Å². The molecule has 1 aromatic carbocycles. The molecule has 3 aliphatic rings. The van der Waals surface area contributed by atoms with E-state index >= 15 is 0 Å². The van der Waals surface area contributed by atoms with Crippen molar-refractivity contribution in [1.29, 1.82) is 0 Å². The fourth-order valence-electron chi connectivity index (χ4n) is 5.95. The normalized spacial score (nSPS) is 22.8. The highest BCUT2D eigenvalue weighted by molar-refractivity contribution is 6.14. The molecule has 7 nitrogen and oxygen atoms in total. The molecule has 43 heavy (non-hydrogen) atoms. The summed E-state index contributed by atoms with van der Waals surface area (Å²) in [7, 11) is 1.86. The molecule has 230 valence electrons. The number of aliphatic imine (C=N–C) groups is 2. The molecule has 1 saturated heterocycles. The maximum absolute atomic E-state index is 14.8. The Morgan fingerprint density at radius 2 is 1.98 bits per heavy atom. The van der Waals surface area contributed by atoms with E-state index in [1.807, 2.05) is 11.9 Å². The molecule has 2 unspecified atom stereocenters. The molecule has 2 aliphatic heterocycles. The Hall–Kier alpha value is -3.74. The van der Waals surface area contributed by atoms with Crippen molar-refractivity contribution in [2.75, 3.05) is 38.5 Å². The van der Waals surface area contributed by atoms with E-state index in [0.717, 1.165) is 10.1 Å². The van der Waals surface area contributed by atoms with Crippen molar-refractivity contribution >= 4 is 33.8 Å². The maximum atomic E-state index is 14.8. The standard InChI is InChI=1S/C30H33F6N7/c1-18(19-6-9-42(15-19)21-11-29(32,33)12-21)37-13-20-14-38-28(39-20)27-10-22-24(40-25-7-8-41(2)16-23(25)31)4-3-5-26(22)43(27)17-30(34,35)36/h3-6,9-10,15,21,23,25,37,40H,1,7-8,11-14,16-17H2,2H3. The van der Waals surface area contributed by atoms with Crippen LogP contribution in [-0.2, 0) is 6.54 Å². The first-order valence-corrected chi connectivity index (χ1v) is 14.2. The van der Waals surface area contributed by atoms with Crippen molar-refractivity contribution in [1.82, 2.24) is 19.4 Å². The summed E-state index contributed by atoms with van der Waals surface area (Å²) in [5.41, 5.74) is 3.08. The van der Waals surface area contributed by atoms with Gasteiger partial charge in [-0.1, -0.05) is 12.6 Å². The summed E-state index contributed by atoms with van der Waals surface area (Å²) in [6, 6.07) is 7.76. The molecule has 0 spiro atoms. The summed E-state index contributed by atoms with van der Waals surface area (Å²) in [6.45, 7) is 4.27. The largest absolute Gasteiger partial charge is 0.406 e. The van der Waals surface area contributed by atoms with Gasteiger partial charge in [-0.15, -0.1) is 0 Å². The number of rotatable bonds is 9. The van der Waals surface area contributed by atoms with Crippen LogP contribution in [0.4, 0.5) is 32.0 Å².